The van der Waals surface area contributed by atoms with Gasteiger partial charge in [0, 0.05) is 0 Å². The zero-order valence-electron chi connectivity index (χ0n) is 6.86. The molecule has 0 fully saturated rings. The van der Waals surface area contributed by atoms with Crippen molar-refractivity contribution >= 4 is 45.5 Å². The van der Waals surface area contributed by atoms with Crippen LogP contribution in [0.25, 0.3) is 11.5 Å². The number of hydrogen-bond acceptors (Lipinski definition) is 0. The summed E-state index contributed by atoms with van der Waals surface area (Å²) in [7, 11) is 0. The largest absolute Gasteiger partial charge is 2.00 e. The molecule has 0 saturated heterocycles. The van der Waals surface area contributed by atoms with Gasteiger partial charge in [-0.15, -0.1) is 12.1 Å². The first-order valence-electron chi connectivity index (χ1n) is 2.89. The topological polar surface area (TPSA) is 47.6 Å². The number of nitrogens with one attached hydrogen (secondary N) is 2. The molecule has 0 saturated carbocycles. The maximum Gasteiger partial charge on any atom is 2.00 e. The van der Waals surface area contributed by atoms with Crippen molar-refractivity contribution in [1.29, 1.82) is 0 Å². The van der Waals surface area contributed by atoms with E-state index < -0.39 is 0 Å². The van der Waals surface area contributed by atoms with Gasteiger partial charge in [0.2, 0.25) is 0 Å². The average molecular weight is 204 g/mol. The van der Waals surface area contributed by atoms with Gasteiger partial charge >= 0.3 is 45.5 Å². The van der Waals surface area contributed by atoms with E-state index in [1.807, 2.05) is 27.7 Å². The Morgan fingerprint density at radius 1 is 0.778 bits per heavy atom. The fraction of sp³-hybridized carbons (Fsp3) is 1.00. The summed E-state index contributed by atoms with van der Waals surface area (Å²) >= 11 is 0. The quantitative estimate of drug-likeness (QED) is 0.544. The first kappa shape index (κ1) is 16.8. The van der Waals surface area contributed by atoms with Crippen LogP contribution in [0.2, 0.25) is 0 Å². The summed E-state index contributed by atoms with van der Waals surface area (Å²) in [4.78, 5) is 0. The molecule has 0 heterocycles. The zero-order valence-corrected chi connectivity index (χ0v) is 10.3. The van der Waals surface area contributed by atoms with Gasteiger partial charge in [0.15, 0.2) is 0 Å². The molecule has 9 heavy (non-hydrogen) atoms. The van der Waals surface area contributed by atoms with E-state index in [1.54, 1.807) is 0 Å². The smallest absolute Gasteiger partial charge is 0.675 e. The predicted octanol–water partition coefficient (Wildman–Crippen LogP) is 2.51. The van der Waals surface area contributed by atoms with Crippen molar-refractivity contribution in [2.75, 3.05) is 0 Å². The fourth-order valence-corrected chi connectivity index (χ4v) is 0. The zero-order chi connectivity index (χ0) is 7.15. The minimum absolute atomic E-state index is 0. The third-order valence-corrected chi connectivity index (χ3v) is 0. The van der Waals surface area contributed by atoms with Gasteiger partial charge in [-0.3, -0.25) is 0 Å². The van der Waals surface area contributed by atoms with E-state index in [0.717, 1.165) is 0 Å². The molecule has 0 bridgehead atoms. The van der Waals surface area contributed by atoms with Crippen LogP contribution >= 0.6 is 0 Å². The van der Waals surface area contributed by atoms with Crippen molar-refractivity contribution in [3.05, 3.63) is 11.5 Å². The van der Waals surface area contributed by atoms with Crippen molar-refractivity contribution < 1.29 is 0 Å². The second-order valence-electron chi connectivity index (χ2n) is 2.31. The molecule has 0 aromatic carbocycles. The molecule has 0 aliphatic rings. The summed E-state index contributed by atoms with van der Waals surface area (Å²) in [6.45, 7) is 7.33. The first-order valence-corrected chi connectivity index (χ1v) is 2.89. The average Bonchev–Trinajstić information content (AvgIpc) is 1.25. The Bertz CT molecular complexity index is 26.5. The Hall–Kier alpha value is 1.40. The SMILES string of the molecule is CC(C)[NH-].CC(C)[NH-].[Sr+2]. The summed E-state index contributed by atoms with van der Waals surface area (Å²) in [6.07, 6.45) is 0. The van der Waals surface area contributed by atoms with Crippen molar-refractivity contribution in [3.63, 3.8) is 0 Å². The second-order valence-corrected chi connectivity index (χ2v) is 2.31. The Kier molecular flexibility index (Phi) is 22.6. The first-order chi connectivity index (χ1) is 3.46. The maximum absolute atomic E-state index is 6.58. The predicted molar refractivity (Wildman–Crippen MR) is 44.7 cm³/mol. The van der Waals surface area contributed by atoms with E-state index in [4.69, 9.17) is 11.5 Å². The van der Waals surface area contributed by atoms with Gasteiger partial charge in [0.1, 0.15) is 0 Å². The van der Waals surface area contributed by atoms with Crippen LogP contribution < -0.4 is 0 Å². The Morgan fingerprint density at radius 3 is 0.778 bits per heavy atom. The number of hydrogen-bond donors (Lipinski definition) is 0. The molecule has 0 radical (unpaired) electrons. The van der Waals surface area contributed by atoms with E-state index in [-0.39, 0.29) is 57.6 Å². The molecule has 0 aliphatic heterocycles. The summed E-state index contributed by atoms with van der Waals surface area (Å²) < 4.78 is 0. The van der Waals surface area contributed by atoms with Crippen molar-refractivity contribution in [3.8, 4) is 0 Å². The third-order valence-electron chi connectivity index (χ3n) is 0. The van der Waals surface area contributed by atoms with E-state index in [0.29, 0.717) is 0 Å². The summed E-state index contributed by atoms with van der Waals surface area (Å²) in [6, 6.07) is 0.167. The molecule has 0 amide bonds. The van der Waals surface area contributed by atoms with Gasteiger partial charge in [-0.05, 0) is 0 Å². The molecule has 0 aliphatic carbocycles. The van der Waals surface area contributed by atoms with Crippen molar-refractivity contribution in [1.82, 2.24) is 0 Å². The molecule has 0 rings (SSSR count). The molecular formula is C6H16N2Sr. The molecular weight excluding hydrogens is 188 g/mol. The molecule has 2 nitrogen and oxygen atoms in total. The van der Waals surface area contributed by atoms with Gasteiger partial charge in [-0.1, -0.05) is 27.7 Å². The molecule has 3 heteroatoms. The Morgan fingerprint density at radius 2 is 0.778 bits per heavy atom. The molecule has 52 valence electrons. The Labute approximate surface area is 95.6 Å². The van der Waals surface area contributed by atoms with Gasteiger partial charge < -0.3 is 11.5 Å². The normalized spacial score (nSPS) is 8.00. The molecule has 0 aromatic rings. The molecule has 0 unspecified atom stereocenters. The summed E-state index contributed by atoms with van der Waals surface area (Å²) in [5.74, 6) is 0. The van der Waals surface area contributed by atoms with Crippen LogP contribution in [0.15, 0.2) is 0 Å². The van der Waals surface area contributed by atoms with Gasteiger partial charge in [0.05, 0.1) is 0 Å². The molecule has 2 N–H and O–H groups in total. The van der Waals surface area contributed by atoms with E-state index in [1.165, 1.54) is 0 Å². The van der Waals surface area contributed by atoms with Crippen LogP contribution in [0.1, 0.15) is 27.7 Å². The monoisotopic (exact) mass is 204 g/mol. The number of rotatable bonds is 0. The molecule has 0 aromatic heterocycles. The summed E-state index contributed by atoms with van der Waals surface area (Å²) in [5.41, 5.74) is 13.2. The third kappa shape index (κ3) is 262. The van der Waals surface area contributed by atoms with E-state index >= 15 is 0 Å². The van der Waals surface area contributed by atoms with E-state index in [9.17, 15) is 0 Å². The molecule has 0 atom stereocenters. The van der Waals surface area contributed by atoms with Crippen LogP contribution in [0.5, 0.6) is 0 Å². The fourth-order valence-electron chi connectivity index (χ4n) is 0. The van der Waals surface area contributed by atoms with Crippen LogP contribution in [-0.4, -0.2) is 57.6 Å². The second kappa shape index (κ2) is 12.1. The maximum atomic E-state index is 6.58. The van der Waals surface area contributed by atoms with Crippen molar-refractivity contribution in [2.45, 2.75) is 39.8 Å². The summed E-state index contributed by atoms with van der Waals surface area (Å²) in [5, 5.41) is 0. The molecule has 0 spiro atoms. The standard InChI is InChI=1S/2C3H8N.Sr/c2*1-3(2)4;/h2*3-4H,1-2H3;/q2*-1;+2. The van der Waals surface area contributed by atoms with Gasteiger partial charge in [0.25, 0.3) is 0 Å². The van der Waals surface area contributed by atoms with Gasteiger partial charge in [-0.25, -0.2) is 0 Å². The van der Waals surface area contributed by atoms with Crippen LogP contribution in [0, 0.1) is 0 Å². The van der Waals surface area contributed by atoms with E-state index in [2.05, 4.69) is 0 Å². The Balaban J connectivity index is -0.0000000720. The van der Waals surface area contributed by atoms with Crippen LogP contribution in [0.4, 0.5) is 0 Å². The van der Waals surface area contributed by atoms with Crippen LogP contribution in [0.3, 0.4) is 0 Å². The van der Waals surface area contributed by atoms with Crippen LogP contribution in [-0.2, 0) is 0 Å². The van der Waals surface area contributed by atoms with Gasteiger partial charge in [-0.2, -0.15) is 0 Å². The minimum Gasteiger partial charge on any atom is -0.675 e. The minimum atomic E-state index is 0. The van der Waals surface area contributed by atoms with Crippen molar-refractivity contribution in [2.24, 2.45) is 0 Å².